The van der Waals surface area contributed by atoms with Crippen LogP contribution in [0, 0.1) is 0 Å². The van der Waals surface area contributed by atoms with Crippen LogP contribution in [0.25, 0.3) is 0 Å². The first-order valence-electron chi connectivity index (χ1n) is 6.28. The molecule has 0 bridgehead atoms. The van der Waals surface area contributed by atoms with Gasteiger partial charge in [-0.1, -0.05) is 54.1 Å². The van der Waals surface area contributed by atoms with Crippen LogP contribution >= 0.6 is 11.6 Å². The molecule has 2 rings (SSSR count). The predicted molar refractivity (Wildman–Crippen MR) is 77.6 cm³/mol. The van der Waals surface area contributed by atoms with Gasteiger partial charge in [0.25, 0.3) is 0 Å². The van der Waals surface area contributed by atoms with Crippen molar-refractivity contribution in [2.45, 2.75) is 19.6 Å². The summed E-state index contributed by atoms with van der Waals surface area (Å²) in [5.74, 6) is 0.694. The summed E-state index contributed by atoms with van der Waals surface area (Å²) in [5, 5.41) is 0.623. The zero-order valence-electron chi connectivity index (χ0n) is 10.9. The molecule has 0 aliphatic rings. The molecule has 0 aromatic heterocycles. The lowest BCUT2D eigenvalue weighted by Gasteiger charge is -2.15. The molecule has 1 atom stereocenters. The van der Waals surface area contributed by atoms with Crippen LogP contribution in [-0.4, -0.2) is 12.7 Å². The van der Waals surface area contributed by atoms with E-state index in [0.717, 1.165) is 5.56 Å². The van der Waals surface area contributed by atoms with Gasteiger partial charge in [0.15, 0.2) is 0 Å². The Hall–Kier alpha value is -1.51. The van der Waals surface area contributed by atoms with Crippen LogP contribution in [0.1, 0.15) is 12.5 Å². The summed E-state index contributed by atoms with van der Waals surface area (Å²) in [6, 6.07) is 17.5. The van der Waals surface area contributed by atoms with E-state index in [1.54, 1.807) is 0 Å². The third kappa shape index (κ3) is 4.58. The van der Waals surface area contributed by atoms with E-state index in [9.17, 15) is 0 Å². The average molecular weight is 277 g/mol. The number of halogens is 1. The Morgan fingerprint density at radius 3 is 2.42 bits per heavy atom. The minimum atomic E-state index is -0.0383. The second kappa shape index (κ2) is 7.17. The maximum absolute atomic E-state index is 6.03. The van der Waals surface area contributed by atoms with E-state index in [0.29, 0.717) is 24.0 Å². The fraction of sp³-hybridized carbons (Fsp3) is 0.250. The number of para-hydroxylation sites is 1. The lowest BCUT2D eigenvalue weighted by Crippen LogP contribution is -2.19. The first-order chi connectivity index (χ1) is 9.25. The Labute approximate surface area is 118 Å². The van der Waals surface area contributed by atoms with Crippen LogP contribution in [0.2, 0.25) is 5.02 Å². The van der Waals surface area contributed by atoms with Crippen molar-refractivity contribution in [3.05, 3.63) is 65.2 Å². The SMILES string of the molecule is CC(COCc1ccccc1)Oc1ccccc1Cl. The van der Waals surface area contributed by atoms with Gasteiger partial charge in [0, 0.05) is 0 Å². The number of rotatable bonds is 6. The van der Waals surface area contributed by atoms with Crippen molar-refractivity contribution in [2.75, 3.05) is 6.61 Å². The van der Waals surface area contributed by atoms with E-state index in [4.69, 9.17) is 21.1 Å². The zero-order chi connectivity index (χ0) is 13.5. The summed E-state index contributed by atoms with van der Waals surface area (Å²) < 4.78 is 11.4. The minimum absolute atomic E-state index is 0.0383. The van der Waals surface area contributed by atoms with E-state index in [-0.39, 0.29) is 6.10 Å². The van der Waals surface area contributed by atoms with E-state index in [2.05, 4.69) is 0 Å². The molecule has 0 aliphatic carbocycles. The fourth-order valence-electron chi connectivity index (χ4n) is 1.71. The molecule has 0 radical (unpaired) electrons. The molecule has 100 valence electrons. The molecule has 0 aliphatic heterocycles. The number of hydrogen-bond donors (Lipinski definition) is 0. The summed E-state index contributed by atoms with van der Waals surface area (Å²) in [5.41, 5.74) is 1.16. The Balaban J connectivity index is 1.76. The molecule has 19 heavy (non-hydrogen) atoms. The molecule has 2 aromatic carbocycles. The Morgan fingerprint density at radius 1 is 1.00 bits per heavy atom. The van der Waals surface area contributed by atoms with Gasteiger partial charge in [-0.25, -0.2) is 0 Å². The molecule has 2 nitrogen and oxygen atoms in total. The average Bonchev–Trinajstić information content (AvgIpc) is 2.43. The molecular formula is C16H17ClO2. The molecule has 3 heteroatoms. The quantitative estimate of drug-likeness (QED) is 0.782. The second-order valence-electron chi connectivity index (χ2n) is 4.36. The van der Waals surface area contributed by atoms with Crippen molar-refractivity contribution in [1.29, 1.82) is 0 Å². The third-order valence-electron chi connectivity index (χ3n) is 2.63. The fourth-order valence-corrected chi connectivity index (χ4v) is 1.89. The highest BCUT2D eigenvalue weighted by Gasteiger charge is 2.07. The van der Waals surface area contributed by atoms with Gasteiger partial charge in [-0.3, -0.25) is 0 Å². The molecule has 0 heterocycles. The van der Waals surface area contributed by atoms with Gasteiger partial charge in [0.2, 0.25) is 0 Å². The van der Waals surface area contributed by atoms with Gasteiger partial charge in [0.1, 0.15) is 11.9 Å². The Kier molecular flexibility index (Phi) is 5.25. The van der Waals surface area contributed by atoms with E-state index < -0.39 is 0 Å². The maximum atomic E-state index is 6.03. The third-order valence-corrected chi connectivity index (χ3v) is 2.94. The molecule has 0 fully saturated rings. The predicted octanol–water partition coefficient (Wildman–Crippen LogP) is 4.32. The van der Waals surface area contributed by atoms with E-state index in [1.165, 1.54) is 0 Å². The highest BCUT2D eigenvalue weighted by Crippen LogP contribution is 2.24. The van der Waals surface area contributed by atoms with Gasteiger partial charge in [-0.05, 0) is 24.6 Å². The molecule has 0 saturated heterocycles. The molecule has 1 unspecified atom stereocenters. The highest BCUT2D eigenvalue weighted by atomic mass is 35.5. The number of benzene rings is 2. The van der Waals surface area contributed by atoms with E-state index >= 15 is 0 Å². The van der Waals surface area contributed by atoms with E-state index in [1.807, 2.05) is 61.5 Å². The van der Waals surface area contributed by atoms with Crippen LogP contribution in [0.15, 0.2) is 54.6 Å². The van der Waals surface area contributed by atoms with Crippen LogP contribution in [0.5, 0.6) is 5.75 Å². The molecular weight excluding hydrogens is 260 g/mol. The topological polar surface area (TPSA) is 18.5 Å². The molecule has 0 saturated carbocycles. The molecule has 0 amide bonds. The van der Waals surface area contributed by atoms with Gasteiger partial charge in [0.05, 0.1) is 18.2 Å². The van der Waals surface area contributed by atoms with Gasteiger partial charge in [-0.2, -0.15) is 0 Å². The zero-order valence-corrected chi connectivity index (χ0v) is 11.6. The van der Waals surface area contributed by atoms with Crippen molar-refractivity contribution in [1.82, 2.24) is 0 Å². The first kappa shape index (κ1) is 13.9. The molecule has 0 N–H and O–H groups in total. The van der Waals surface area contributed by atoms with Crippen molar-refractivity contribution in [2.24, 2.45) is 0 Å². The van der Waals surface area contributed by atoms with Crippen LogP contribution in [-0.2, 0) is 11.3 Å². The summed E-state index contributed by atoms with van der Waals surface area (Å²) in [7, 11) is 0. The van der Waals surface area contributed by atoms with Crippen LogP contribution < -0.4 is 4.74 Å². The van der Waals surface area contributed by atoms with Crippen molar-refractivity contribution in [3.8, 4) is 5.75 Å². The van der Waals surface area contributed by atoms with Gasteiger partial charge < -0.3 is 9.47 Å². The lowest BCUT2D eigenvalue weighted by atomic mass is 10.2. The van der Waals surface area contributed by atoms with Crippen LogP contribution in [0.3, 0.4) is 0 Å². The summed E-state index contributed by atoms with van der Waals surface area (Å²) >= 11 is 6.03. The second-order valence-corrected chi connectivity index (χ2v) is 4.77. The first-order valence-corrected chi connectivity index (χ1v) is 6.66. The maximum Gasteiger partial charge on any atom is 0.138 e. The molecule has 0 spiro atoms. The standard InChI is InChI=1S/C16H17ClO2/c1-13(19-16-10-6-5-9-15(16)17)11-18-12-14-7-3-2-4-8-14/h2-10,13H,11-12H2,1H3. The highest BCUT2D eigenvalue weighted by molar-refractivity contribution is 6.32. The van der Waals surface area contributed by atoms with Crippen molar-refractivity contribution in [3.63, 3.8) is 0 Å². The van der Waals surface area contributed by atoms with Gasteiger partial charge >= 0.3 is 0 Å². The molecule has 2 aromatic rings. The summed E-state index contributed by atoms with van der Waals surface area (Å²) in [6.45, 7) is 3.09. The summed E-state index contributed by atoms with van der Waals surface area (Å²) in [6.07, 6.45) is -0.0383. The number of hydrogen-bond acceptors (Lipinski definition) is 2. The van der Waals surface area contributed by atoms with Crippen molar-refractivity contribution >= 4 is 11.6 Å². The Morgan fingerprint density at radius 2 is 1.68 bits per heavy atom. The normalized spacial score (nSPS) is 12.1. The summed E-state index contributed by atoms with van der Waals surface area (Å²) in [4.78, 5) is 0. The monoisotopic (exact) mass is 276 g/mol. The Bertz CT molecular complexity index is 499. The number of ether oxygens (including phenoxy) is 2. The lowest BCUT2D eigenvalue weighted by molar-refractivity contribution is 0.0493. The minimum Gasteiger partial charge on any atom is -0.487 e. The largest absolute Gasteiger partial charge is 0.487 e. The van der Waals surface area contributed by atoms with Crippen molar-refractivity contribution < 1.29 is 9.47 Å². The smallest absolute Gasteiger partial charge is 0.138 e. The van der Waals surface area contributed by atoms with Crippen LogP contribution in [0.4, 0.5) is 0 Å². The van der Waals surface area contributed by atoms with Gasteiger partial charge in [-0.15, -0.1) is 0 Å².